The van der Waals surface area contributed by atoms with Gasteiger partial charge in [0.1, 0.15) is 18.3 Å². The molecule has 8 nitrogen and oxygen atoms in total. The predicted molar refractivity (Wildman–Crippen MR) is 173 cm³/mol. The van der Waals surface area contributed by atoms with E-state index in [1.54, 1.807) is 61.5 Å². The molecule has 230 valence electrons. The molecule has 1 aliphatic carbocycles. The van der Waals surface area contributed by atoms with E-state index in [9.17, 15) is 18.0 Å². The lowest BCUT2D eigenvalue weighted by molar-refractivity contribution is -0.139. The van der Waals surface area contributed by atoms with Crippen LogP contribution in [0.25, 0.3) is 0 Å². The number of halogens is 3. The van der Waals surface area contributed by atoms with Gasteiger partial charge in [-0.2, -0.15) is 0 Å². The quantitative estimate of drug-likeness (QED) is 0.223. The topological polar surface area (TPSA) is 96.0 Å². The van der Waals surface area contributed by atoms with Crippen molar-refractivity contribution in [3.8, 4) is 5.75 Å². The number of carbonyl (C=O) groups is 2. The van der Waals surface area contributed by atoms with Gasteiger partial charge in [-0.1, -0.05) is 58.0 Å². The van der Waals surface area contributed by atoms with Crippen LogP contribution in [0.1, 0.15) is 45.1 Å². The van der Waals surface area contributed by atoms with Gasteiger partial charge in [-0.25, -0.2) is 8.42 Å². The maximum Gasteiger partial charge on any atom is 0.264 e. The number of nitrogens with one attached hydrogen (secondary N) is 1. The average molecular weight is 712 g/mol. The zero-order chi connectivity index (χ0) is 31.1. The third kappa shape index (κ3) is 8.44. The SMILES string of the molecule is CCOc1ccc(N(CC(=O)N(Cc2ccc(Cl)cc2Cl)[C@H](C)C(=O)NC2CCCC2)S(=O)(=O)c2ccc(Br)cc2)cc1. The van der Waals surface area contributed by atoms with E-state index in [1.807, 2.05) is 6.92 Å². The highest BCUT2D eigenvalue weighted by Crippen LogP contribution is 2.29. The molecule has 0 saturated heterocycles. The first-order valence-electron chi connectivity index (χ1n) is 14.0. The maximum atomic E-state index is 14.1. The number of ether oxygens (including phenoxy) is 1. The van der Waals surface area contributed by atoms with Crippen molar-refractivity contribution in [2.45, 2.75) is 63.1 Å². The second-order valence-electron chi connectivity index (χ2n) is 10.3. The van der Waals surface area contributed by atoms with Crippen LogP contribution in [0.2, 0.25) is 10.0 Å². The Morgan fingerprint density at radius 2 is 1.67 bits per heavy atom. The summed E-state index contributed by atoms with van der Waals surface area (Å²) < 4.78 is 35.3. The average Bonchev–Trinajstić information content (AvgIpc) is 3.49. The maximum absolute atomic E-state index is 14.1. The summed E-state index contributed by atoms with van der Waals surface area (Å²) in [6, 6.07) is 16.7. The van der Waals surface area contributed by atoms with Gasteiger partial charge < -0.3 is 15.0 Å². The minimum atomic E-state index is -4.20. The highest BCUT2D eigenvalue weighted by atomic mass is 79.9. The number of rotatable bonds is 12. The molecule has 0 heterocycles. The van der Waals surface area contributed by atoms with E-state index in [0.29, 0.717) is 32.4 Å². The summed E-state index contributed by atoms with van der Waals surface area (Å²) in [5, 5.41) is 3.82. The number of benzene rings is 3. The molecule has 1 N–H and O–H groups in total. The van der Waals surface area contributed by atoms with E-state index < -0.39 is 28.5 Å². The number of hydrogen-bond donors (Lipinski definition) is 1. The van der Waals surface area contributed by atoms with E-state index in [-0.39, 0.29) is 29.1 Å². The van der Waals surface area contributed by atoms with Gasteiger partial charge in [-0.3, -0.25) is 13.9 Å². The summed E-state index contributed by atoms with van der Waals surface area (Å²) in [4.78, 5) is 28.9. The third-order valence-corrected chi connectivity index (χ3v) is 10.2. The summed E-state index contributed by atoms with van der Waals surface area (Å²) >= 11 is 15.9. The van der Waals surface area contributed by atoms with Gasteiger partial charge in [0.15, 0.2) is 0 Å². The van der Waals surface area contributed by atoms with Crippen molar-refractivity contribution in [3.63, 3.8) is 0 Å². The fourth-order valence-electron chi connectivity index (χ4n) is 4.95. The van der Waals surface area contributed by atoms with Gasteiger partial charge in [0.05, 0.1) is 17.2 Å². The molecule has 1 fully saturated rings. The molecule has 1 saturated carbocycles. The molecule has 4 rings (SSSR count). The molecule has 2 amide bonds. The van der Waals surface area contributed by atoms with Crippen molar-refractivity contribution in [1.29, 1.82) is 0 Å². The largest absolute Gasteiger partial charge is 0.494 e. The molecule has 3 aromatic rings. The molecule has 12 heteroatoms. The lowest BCUT2D eigenvalue weighted by Gasteiger charge is -2.32. The van der Waals surface area contributed by atoms with Crippen LogP contribution >= 0.6 is 39.1 Å². The van der Waals surface area contributed by atoms with Crippen LogP contribution in [0, 0.1) is 0 Å². The Labute approximate surface area is 271 Å². The fourth-order valence-corrected chi connectivity index (χ4v) is 7.09. The van der Waals surface area contributed by atoms with Gasteiger partial charge >= 0.3 is 0 Å². The highest BCUT2D eigenvalue weighted by molar-refractivity contribution is 9.10. The van der Waals surface area contributed by atoms with Crippen molar-refractivity contribution in [2.75, 3.05) is 17.5 Å². The zero-order valence-electron chi connectivity index (χ0n) is 23.9. The summed E-state index contributed by atoms with van der Waals surface area (Å²) in [6.45, 7) is 3.35. The second kappa shape index (κ2) is 14.8. The van der Waals surface area contributed by atoms with Crippen molar-refractivity contribution in [1.82, 2.24) is 10.2 Å². The molecule has 0 bridgehead atoms. The first kappa shape index (κ1) is 33.1. The molecule has 0 radical (unpaired) electrons. The molecule has 43 heavy (non-hydrogen) atoms. The van der Waals surface area contributed by atoms with Crippen molar-refractivity contribution in [2.24, 2.45) is 0 Å². The Morgan fingerprint density at radius 1 is 1.02 bits per heavy atom. The van der Waals surface area contributed by atoms with Crippen LogP contribution in [-0.2, 0) is 26.2 Å². The highest BCUT2D eigenvalue weighted by Gasteiger charge is 2.33. The van der Waals surface area contributed by atoms with E-state index in [0.717, 1.165) is 30.0 Å². The minimum Gasteiger partial charge on any atom is -0.494 e. The van der Waals surface area contributed by atoms with E-state index >= 15 is 0 Å². The van der Waals surface area contributed by atoms with Crippen molar-refractivity contribution < 1.29 is 22.7 Å². The smallest absolute Gasteiger partial charge is 0.264 e. The molecule has 0 unspecified atom stereocenters. The molecule has 0 aromatic heterocycles. The summed E-state index contributed by atoms with van der Waals surface area (Å²) in [5.41, 5.74) is 0.843. The summed E-state index contributed by atoms with van der Waals surface area (Å²) in [6.07, 6.45) is 3.83. The van der Waals surface area contributed by atoms with Crippen LogP contribution in [0.3, 0.4) is 0 Å². The summed E-state index contributed by atoms with van der Waals surface area (Å²) in [7, 11) is -4.20. The molecule has 1 atom stereocenters. The lowest BCUT2D eigenvalue weighted by atomic mass is 10.1. The second-order valence-corrected chi connectivity index (χ2v) is 13.9. The van der Waals surface area contributed by atoms with E-state index in [4.69, 9.17) is 27.9 Å². The van der Waals surface area contributed by atoms with Crippen molar-refractivity contribution >= 4 is 66.7 Å². The predicted octanol–water partition coefficient (Wildman–Crippen LogP) is 6.83. The van der Waals surface area contributed by atoms with Crippen LogP contribution in [0.15, 0.2) is 76.1 Å². The number of nitrogens with zero attached hydrogens (tertiary/aromatic N) is 2. The van der Waals surface area contributed by atoms with Gasteiger partial charge in [0.2, 0.25) is 11.8 Å². The van der Waals surface area contributed by atoms with Gasteiger partial charge in [-0.05, 0) is 92.9 Å². The lowest BCUT2D eigenvalue weighted by Crippen LogP contribution is -2.52. The van der Waals surface area contributed by atoms with Gasteiger partial charge in [0.25, 0.3) is 10.0 Å². The molecule has 1 aliphatic rings. The van der Waals surface area contributed by atoms with Crippen LogP contribution in [0.4, 0.5) is 5.69 Å². The Kier molecular flexibility index (Phi) is 11.4. The van der Waals surface area contributed by atoms with Crippen LogP contribution in [-0.4, -0.2) is 50.4 Å². The minimum absolute atomic E-state index is 0.0108. The Hall–Kier alpha value is -2.79. The number of amides is 2. The number of anilines is 1. The molecule has 0 spiro atoms. The molecule has 3 aromatic carbocycles. The Balaban J connectivity index is 1.70. The van der Waals surface area contributed by atoms with Gasteiger partial charge in [-0.15, -0.1) is 0 Å². The number of sulfonamides is 1. The molecular weight excluding hydrogens is 677 g/mol. The first-order chi connectivity index (χ1) is 20.5. The van der Waals surface area contributed by atoms with E-state index in [2.05, 4.69) is 21.2 Å². The van der Waals surface area contributed by atoms with E-state index in [1.165, 1.54) is 17.0 Å². The number of hydrogen-bond acceptors (Lipinski definition) is 5. The third-order valence-electron chi connectivity index (χ3n) is 7.34. The molecule has 0 aliphatic heterocycles. The number of carbonyl (C=O) groups excluding carboxylic acids is 2. The Bertz CT molecular complexity index is 1530. The fraction of sp³-hybridized carbons (Fsp3) is 0.355. The molecular formula is C31H34BrCl2N3O5S. The van der Waals surface area contributed by atoms with Crippen molar-refractivity contribution in [3.05, 3.63) is 86.8 Å². The summed E-state index contributed by atoms with van der Waals surface area (Å²) in [5.74, 6) is -0.321. The van der Waals surface area contributed by atoms with Gasteiger partial charge in [0, 0.05) is 27.1 Å². The monoisotopic (exact) mass is 709 g/mol. The van der Waals surface area contributed by atoms with Crippen LogP contribution < -0.4 is 14.4 Å². The zero-order valence-corrected chi connectivity index (χ0v) is 27.8. The normalized spacial score (nSPS) is 14.3. The standard InChI is InChI=1S/C31H34BrCl2N3O5S/c1-3-42-27-14-12-26(13-15-27)37(43(40,41)28-16-9-23(32)10-17-28)20-30(38)36(19-22-8-11-24(33)18-29(22)34)21(2)31(39)35-25-6-4-5-7-25/h8-18,21,25H,3-7,19-20H2,1-2H3,(H,35,39)/t21-/m1/s1. The van der Waals surface area contributed by atoms with Crippen LogP contribution in [0.5, 0.6) is 5.75 Å². The Morgan fingerprint density at radius 3 is 2.28 bits per heavy atom. The first-order valence-corrected chi connectivity index (χ1v) is 17.0.